The van der Waals surface area contributed by atoms with Gasteiger partial charge < -0.3 is 9.72 Å². The molecule has 0 fully saturated rings. The van der Waals surface area contributed by atoms with Gasteiger partial charge in [-0.3, -0.25) is 4.79 Å². The molecule has 0 aliphatic rings. The number of ether oxygens (including phenoxy) is 1. The maximum atomic E-state index is 13.0. The van der Waals surface area contributed by atoms with Crippen molar-refractivity contribution in [1.29, 1.82) is 0 Å². The van der Waals surface area contributed by atoms with Crippen LogP contribution in [-0.4, -0.2) is 9.97 Å². The summed E-state index contributed by atoms with van der Waals surface area (Å²) in [6.45, 7) is 0. The number of hydrogen-bond donors (Lipinski definition) is 1. The van der Waals surface area contributed by atoms with Crippen LogP contribution in [-0.2, 0) is 0 Å². The van der Waals surface area contributed by atoms with Gasteiger partial charge in [0.25, 0.3) is 5.56 Å². The molecule has 1 heterocycles. The van der Waals surface area contributed by atoms with Gasteiger partial charge in [0.1, 0.15) is 16.0 Å². The fraction of sp³-hybridized carbons (Fsp3) is 0. The van der Waals surface area contributed by atoms with Crippen molar-refractivity contribution >= 4 is 31.9 Å². The van der Waals surface area contributed by atoms with Gasteiger partial charge in [0.2, 0.25) is 5.88 Å². The molecule has 0 amide bonds. The summed E-state index contributed by atoms with van der Waals surface area (Å²) in [5.41, 5.74) is -0.351. The minimum atomic E-state index is -0.393. The van der Waals surface area contributed by atoms with Gasteiger partial charge in [-0.2, -0.15) is 0 Å². The highest BCUT2D eigenvalue weighted by Gasteiger charge is 2.09. The molecule has 0 bridgehead atoms. The minimum absolute atomic E-state index is 0.118. The lowest BCUT2D eigenvalue weighted by Crippen LogP contribution is -2.08. The second-order valence-corrected chi connectivity index (χ2v) is 4.68. The number of halogens is 3. The third kappa shape index (κ3) is 2.73. The smallest absolute Gasteiger partial charge is 0.268 e. The molecule has 0 aliphatic heterocycles. The number of H-pyrrole nitrogens is 1. The van der Waals surface area contributed by atoms with Crippen LogP contribution in [0.25, 0.3) is 0 Å². The van der Waals surface area contributed by atoms with Gasteiger partial charge in [0.15, 0.2) is 0 Å². The standard InChI is InChI=1S/C10H5Br2FN2O2/c11-6-3-5(1-2-7(6)13)17-10-8(12)9(16)14-4-15-10/h1-4H,(H,14,15,16). The van der Waals surface area contributed by atoms with Crippen LogP contribution in [0.2, 0.25) is 0 Å². The molecule has 17 heavy (non-hydrogen) atoms. The van der Waals surface area contributed by atoms with Crippen LogP contribution < -0.4 is 10.3 Å². The van der Waals surface area contributed by atoms with E-state index in [4.69, 9.17) is 4.74 Å². The zero-order chi connectivity index (χ0) is 12.4. The van der Waals surface area contributed by atoms with E-state index in [-0.39, 0.29) is 20.4 Å². The van der Waals surface area contributed by atoms with E-state index in [0.717, 1.165) is 0 Å². The molecule has 0 aliphatic carbocycles. The fourth-order valence-corrected chi connectivity index (χ4v) is 1.75. The predicted molar refractivity (Wildman–Crippen MR) is 66.7 cm³/mol. The van der Waals surface area contributed by atoms with E-state index in [1.807, 2.05) is 0 Å². The summed E-state index contributed by atoms with van der Waals surface area (Å²) in [5, 5.41) is 0. The summed E-state index contributed by atoms with van der Waals surface area (Å²) in [7, 11) is 0. The largest absolute Gasteiger partial charge is 0.438 e. The average Bonchev–Trinajstić information content (AvgIpc) is 2.30. The van der Waals surface area contributed by atoms with Crippen LogP contribution in [0.4, 0.5) is 4.39 Å². The van der Waals surface area contributed by atoms with Gasteiger partial charge in [-0.25, -0.2) is 9.37 Å². The summed E-state index contributed by atoms with van der Waals surface area (Å²) in [6.07, 6.45) is 1.22. The second-order valence-electron chi connectivity index (χ2n) is 3.03. The van der Waals surface area contributed by atoms with Gasteiger partial charge >= 0.3 is 0 Å². The molecule has 7 heteroatoms. The lowest BCUT2D eigenvalue weighted by Gasteiger charge is -2.06. The average molecular weight is 364 g/mol. The molecule has 0 radical (unpaired) electrons. The fourth-order valence-electron chi connectivity index (χ4n) is 1.09. The Morgan fingerprint density at radius 2 is 2.12 bits per heavy atom. The summed E-state index contributed by atoms with van der Waals surface area (Å²) in [5.74, 6) is 0.0969. The van der Waals surface area contributed by atoms with Crippen molar-refractivity contribution in [3.8, 4) is 11.6 Å². The SMILES string of the molecule is O=c1[nH]cnc(Oc2ccc(F)c(Br)c2)c1Br. The topological polar surface area (TPSA) is 55.0 Å². The first-order valence-electron chi connectivity index (χ1n) is 4.44. The van der Waals surface area contributed by atoms with Crippen LogP contribution >= 0.6 is 31.9 Å². The van der Waals surface area contributed by atoms with Gasteiger partial charge in [0.05, 0.1) is 10.8 Å². The summed E-state index contributed by atoms with van der Waals surface area (Å²) in [6, 6.07) is 4.14. The number of aromatic nitrogens is 2. The third-order valence-corrected chi connectivity index (χ3v) is 3.18. The molecule has 2 rings (SSSR count). The number of hydrogen-bond acceptors (Lipinski definition) is 3. The molecule has 2 aromatic rings. The molecule has 1 aromatic heterocycles. The van der Waals surface area contributed by atoms with Gasteiger partial charge in [0, 0.05) is 0 Å². The normalized spacial score (nSPS) is 10.3. The minimum Gasteiger partial charge on any atom is -0.438 e. The molecular formula is C10H5Br2FN2O2. The number of benzene rings is 1. The van der Waals surface area contributed by atoms with E-state index < -0.39 is 5.82 Å². The molecule has 1 N–H and O–H groups in total. The molecule has 88 valence electrons. The second kappa shape index (κ2) is 4.97. The Kier molecular flexibility index (Phi) is 3.58. The molecule has 0 saturated heterocycles. The van der Waals surface area contributed by atoms with E-state index in [2.05, 4.69) is 41.8 Å². The molecule has 4 nitrogen and oxygen atoms in total. The van der Waals surface area contributed by atoms with Crippen LogP contribution in [0.15, 0.2) is 38.3 Å². The number of aromatic amines is 1. The first kappa shape index (κ1) is 12.3. The molecule has 0 spiro atoms. The lowest BCUT2D eigenvalue weighted by atomic mass is 10.3. The van der Waals surface area contributed by atoms with E-state index in [0.29, 0.717) is 5.75 Å². The maximum absolute atomic E-state index is 13.0. The summed E-state index contributed by atoms with van der Waals surface area (Å²) in [4.78, 5) is 17.5. The van der Waals surface area contributed by atoms with Gasteiger partial charge in [-0.15, -0.1) is 0 Å². The monoisotopic (exact) mass is 362 g/mol. The highest BCUT2D eigenvalue weighted by atomic mass is 79.9. The molecule has 1 aromatic carbocycles. The van der Waals surface area contributed by atoms with Gasteiger partial charge in [-0.05, 0) is 50.1 Å². The maximum Gasteiger partial charge on any atom is 0.268 e. The summed E-state index contributed by atoms with van der Waals surface area (Å²) < 4.78 is 18.8. The van der Waals surface area contributed by atoms with E-state index in [9.17, 15) is 9.18 Å². The lowest BCUT2D eigenvalue weighted by molar-refractivity contribution is 0.454. The van der Waals surface area contributed by atoms with Gasteiger partial charge in [-0.1, -0.05) is 0 Å². The molecule has 0 saturated carbocycles. The number of nitrogens with zero attached hydrogens (tertiary/aromatic N) is 1. The van der Waals surface area contributed by atoms with Crippen molar-refractivity contribution in [3.05, 3.63) is 49.6 Å². The zero-order valence-corrected chi connectivity index (χ0v) is 11.4. The highest BCUT2D eigenvalue weighted by Crippen LogP contribution is 2.27. The Balaban J connectivity index is 2.35. The Bertz CT molecular complexity index is 615. The van der Waals surface area contributed by atoms with E-state index in [1.165, 1.54) is 24.5 Å². The molecular weight excluding hydrogens is 359 g/mol. The first-order chi connectivity index (χ1) is 8.08. The van der Waals surface area contributed by atoms with E-state index in [1.54, 1.807) is 0 Å². The van der Waals surface area contributed by atoms with Crippen molar-refractivity contribution in [2.75, 3.05) is 0 Å². The number of nitrogens with one attached hydrogen (secondary N) is 1. The van der Waals surface area contributed by atoms with Crippen LogP contribution in [0.1, 0.15) is 0 Å². The first-order valence-corrected chi connectivity index (χ1v) is 6.02. The van der Waals surface area contributed by atoms with Crippen molar-refractivity contribution in [2.24, 2.45) is 0 Å². The Morgan fingerprint density at radius 1 is 1.35 bits per heavy atom. The van der Waals surface area contributed by atoms with Crippen molar-refractivity contribution in [3.63, 3.8) is 0 Å². The van der Waals surface area contributed by atoms with Crippen molar-refractivity contribution < 1.29 is 9.13 Å². The highest BCUT2D eigenvalue weighted by molar-refractivity contribution is 9.10. The van der Waals surface area contributed by atoms with Crippen molar-refractivity contribution in [1.82, 2.24) is 9.97 Å². The van der Waals surface area contributed by atoms with Crippen LogP contribution in [0.5, 0.6) is 11.6 Å². The van der Waals surface area contributed by atoms with E-state index >= 15 is 0 Å². The molecule has 0 unspecified atom stereocenters. The zero-order valence-electron chi connectivity index (χ0n) is 8.21. The molecule has 0 atom stereocenters. The Morgan fingerprint density at radius 3 is 2.82 bits per heavy atom. The third-order valence-electron chi connectivity index (χ3n) is 1.87. The number of rotatable bonds is 2. The quantitative estimate of drug-likeness (QED) is 0.891. The van der Waals surface area contributed by atoms with Crippen LogP contribution in [0, 0.1) is 5.82 Å². The Labute approximate surface area is 112 Å². The Hall–Kier alpha value is -1.21. The summed E-state index contributed by atoms with van der Waals surface area (Å²) >= 11 is 6.09. The predicted octanol–water partition coefficient (Wildman–Crippen LogP) is 3.23. The van der Waals surface area contributed by atoms with Crippen molar-refractivity contribution in [2.45, 2.75) is 0 Å². The van der Waals surface area contributed by atoms with Crippen LogP contribution in [0.3, 0.4) is 0 Å².